The second-order valence-corrected chi connectivity index (χ2v) is 11.0. The van der Waals surface area contributed by atoms with Crippen molar-refractivity contribution in [3.8, 4) is 0 Å². The third kappa shape index (κ3) is 6.61. The summed E-state index contributed by atoms with van der Waals surface area (Å²) >= 11 is 0. The smallest absolute Gasteiger partial charge is 0.251 e. The van der Waals surface area contributed by atoms with Crippen LogP contribution in [-0.4, -0.2) is 50.8 Å². The van der Waals surface area contributed by atoms with E-state index in [9.17, 15) is 22.4 Å². The molecular formula is C24H30FN3O4S. The predicted molar refractivity (Wildman–Crippen MR) is 124 cm³/mol. The van der Waals surface area contributed by atoms with Crippen LogP contribution in [0.15, 0.2) is 53.4 Å². The summed E-state index contributed by atoms with van der Waals surface area (Å²) in [5.41, 5.74) is 1.60. The summed E-state index contributed by atoms with van der Waals surface area (Å²) in [6, 6.07) is 11.6. The maximum atomic E-state index is 13.0. The van der Waals surface area contributed by atoms with Gasteiger partial charge in [0.05, 0.1) is 11.4 Å². The molecule has 2 amide bonds. The van der Waals surface area contributed by atoms with Crippen molar-refractivity contribution in [2.75, 3.05) is 19.6 Å². The normalized spacial score (nSPS) is 15.3. The predicted octanol–water partition coefficient (Wildman–Crippen LogP) is 2.82. The third-order valence-electron chi connectivity index (χ3n) is 5.71. The molecule has 0 bridgehead atoms. The molecule has 1 aliphatic rings. The van der Waals surface area contributed by atoms with E-state index in [1.165, 1.54) is 12.1 Å². The van der Waals surface area contributed by atoms with E-state index >= 15 is 0 Å². The molecule has 0 saturated carbocycles. The molecule has 0 atom stereocenters. The average Bonchev–Trinajstić information content (AvgIpc) is 2.77. The van der Waals surface area contributed by atoms with Gasteiger partial charge in [0, 0.05) is 24.7 Å². The molecule has 2 aromatic rings. The molecular weight excluding hydrogens is 445 g/mol. The molecule has 0 radical (unpaired) electrons. The molecule has 33 heavy (non-hydrogen) atoms. The van der Waals surface area contributed by atoms with Crippen molar-refractivity contribution in [2.24, 2.45) is 0 Å². The summed E-state index contributed by atoms with van der Waals surface area (Å²) in [5.74, 6) is -1.03. The summed E-state index contributed by atoms with van der Waals surface area (Å²) in [5, 5.41) is 2.66. The minimum atomic E-state index is -3.76. The van der Waals surface area contributed by atoms with Crippen LogP contribution in [-0.2, 0) is 20.2 Å². The highest BCUT2D eigenvalue weighted by Crippen LogP contribution is 2.22. The summed E-state index contributed by atoms with van der Waals surface area (Å²) in [6.07, 6.45) is 0.906. The summed E-state index contributed by atoms with van der Waals surface area (Å²) in [4.78, 5) is 26.5. The van der Waals surface area contributed by atoms with Crippen LogP contribution < -0.4 is 10.0 Å². The van der Waals surface area contributed by atoms with E-state index in [1.54, 1.807) is 17.0 Å². The number of carbonyl (C=O) groups excluding carboxylic acids is 2. The molecule has 0 aromatic heterocycles. The van der Waals surface area contributed by atoms with E-state index in [1.807, 2.05) is 12.1 Å². The van der Waals surface area contributed by atoms with Crippen molar-refractivity contribution in [3.05, 3.63) is 65.5 Å². The first kappa shape index (κ1) is 24.9. The largest absolute Gasteiger partial charge is 0.343 e. The fourth-order valence-electron chi connectivity index (χ4n) is 3.64. The van der Waals surface area contributed by atoms with E-state index in [2.05, 4.69) is 30.8 Å². The Labute approximate surface area is 194 Å². The minimum absolute atomic E-state index is 0.000603. The van der Waals surface area contributed by atoms with Crippen LogP contribution in [0.3, 0.4) is 0 Å². The topological polar surface area (TPSA) is 95.6 Å². The Morgan fingerprint density at radius 3 is 2.12 bits per heavy atom. The van der Waals surface area contributed by atoms with Crippen LogP contribution in [0.4, 0.5) is 4.39 Å². The number of piperidine rings is 1. The molecule has 1 fully saturated rings. The second-order valence-electron chi connectivity index (χ2n) is 9.24. The lowest BCUT2D eigenvalue weighted by molar-refractivity contribution is -0.131. The van der Waals surface area contributed by atoms with Gasteiger partial charge in [0.1, 0.15) is 5.82 Å². The maximum absolute atomic E-state index is 13.0. The van der Waals surface area contributed by atoms with Crippen molar-refractivity contribution in [2.45, 2.75) is 50.0 Å². The van der Waals surface area contributed by atoms with Crippen molar-refractivity contribution in [1.29, 1.82) is 0 Å². The third-order valence-corrected chi connectivity index (χ3v) is 7.24. The number of rotatable bonds is 6. The molecule has 1 aliphatic heterocycles. The highest BCUT2D eigenvalue weighted by Gasteiger charge is 2.27. The standard InChI is InChI=1S/C24H30FN3O4S/c1-24(2,3)18-6-4-17(5-7-18)23(30)26-16-22(29)28-14-12-20(13-15-28)27-33(31,32)21-10-8-19(25)9-11-21/h4-11,20,27H,12-16H2,1-3H3,(H,26,30). The Balaban J connectivity index is 1.46. The summed E-state index contributed by atoms with van der Waals surface area (Å²) in [6.45, 7) is 6.93. The Morgan fingerprint density at radius 1 is 1.00 bits per heavy atom. The fraction of sp³-hybridized carbons (Fsp3) is 0.417. The number of sulfonamides is 1. The summed E-state index contributed by atoms with van der Waals surface area (Å²) < 4.78 is 40.6. The average molecular weight is 476 g/mol. The van der Waals surface area contributed by atoms with Crippen molar-refractivity contribution >= 4 is 21.8 Å². The minimum Gasteiger partial charge on any atom is -0.343 e. The van der Waals surface area contributed by atoms with Crippen molar-refractivity contribution in [3.63, 3.8) is 0 Å². The van der Waals surface area contributed by atoms with Gasteiger partial charge in [-0.2, -0.15) is 0 Å². The van der Waals surface area contributed by atoms with Gasteiger partial charge in [-0.25, -0.2) is 17.5 Å². The molecule has 2 N–H and O–H groups in total. The van der Waals surface area contributed by atoms with Gasteiger partial charge in [-0.3, -0.25) is 9.59 Å². The van der Waals surface area contributed by atoms with Crippen molar-refractivity contribution in [1.82, 2.24) is 14.9 Å². The zero-order valence-corrected chi connectivity index (χ0v) is 19.9. The van der Waals surface area contributed by atoms with Gasteiger partial charge in [0.15, 0.2) is 0 Å². The first-order valence-corrected chi connectivity index (χ1v) is 12.4. The van der Waals surface area contributed by atoms with Crippen LogP contribution in [0, 0.1) is 5.82 Å². The number of likely N-dealkylation sites (tertiary alicyclic amines) is 1. The molecule has 0 aliphatic carbocycles. The molecule has 1 saturated heterocycles. The quantitative estimate of drug-likeness (QED) is 0.672. The Morgan fingerprint density at radius 2 is 1.58 bits per heavy atom. The number of halogens is 1. The fourth-order valence-corrected chi connectivity index (χ4v) is 4.94. The number of carbonyl (C=O) groups is 2. The van der Waals surface area contributed by atoms with Crippen LogP contribution in [0.25, 0.3) is 0 Å². The second kappa shape index (κ2) is 10.0. The number of nitrogens with one attached hydrogen (secondary N) is 2. The molecule has 0 unspecified atom stereocenters. The molecule has 2 aromatic carbocycles. The molecule has 178 valence electrons. The van der Waals surface area contributed by atoms with Crippen LogP contribution in [0.2, 0.25) is 0 Å². The maximum Gasteiger partial charge on any atom is 0.251 e. The first-order chi connectivity index (χ1) is 15.5. The molecule has 7 nitrogen and oxygen atoms in total. The van der Waals surface area contributed by atoms with Crippen molar-refractivity contribution < 1.29 is 22.4 Å². The van der Waals surface area contributed by atoms with Gasteiger partial charge in [0.25, 0.3) is 5.91 Å². The van der Waals surface area contributed by atoms with Gasteiger partial charge < -0.3 is 10.2 Å². The lowest BCUT2D eigenvalue weighted by Gasteiger charge is -2.32. The molecule has 0 spiro atoms. The van der Waals surface area contributed by atoms with E-state index in [4.69, 9.17) is 0 Å². The van der Waals surface area contributed by atoms with E-state index in [0.29, 0.717) is 31.5 Å². The lowest BCUT2D eigenvalue weighted by Crippen LogP contribution is -2.48. The lowest BCUT2D eigenvalue weighted by atomic mass is 9.87. The number of amides is 2. The number of hydrogen-bond donors (Lipinski definition) is 2. The zero-order valence-electron chi connectivity index (χ0n) is 19.1. The van der Waals surface area contributed by atoms with Crippen LogP contribution in [0.5, 0.6) is 0 Å². The van der Waals surface area contributed by atoms with Gasteiger partial charge in [-0.05, 0) is 60.2 Å². The molecule has 9 heteroatoms. The Hall–Kier alpha value is -2.78. The zero-order chi connectivity index (χ0) is 24.2. The van der Waals surface area contributed by atoms with E-state index in [-0.39, 0.29) is 34.7 Å². The Kier molecular flexibility index (Phi) is 7.54. The number of nitrogens with zero attached hydrogens (tertiary/aromatic N) is 1. The monoisotopic (exact) mass is 475 g/mol. The van der Waals surface area contributed by atoms with Gasteiger partial charge in [0.2, 0.25) is 15.9 Å². The summed E-state index contributed by atoms with van der Waals surface area (Å²) in [7, 11) is -3.76. The van der Waals surface area contributed by atoms with Crippen LogP contribution in [0.1, 0.15) is 49.5 Å². The molecule has 3 rings (SSSR count). The SMILES string of the molecule is CC(C)(C)c1ccc(C(=O)NCC(=O)N2CCC(NS(=O)(=O)c3ccc(F)cc3)CC2)cc1. The van der Waals surface area contributed by atoms with E-state index in [0.717, 1.165) is 17.7 Å². The van der Waals surface area contributed by atoms with Gasteiger partial charge in [-0.15, -0.1) is 0 Å². The van der Waals surface area contributed by atoms with E-state index < -0.39 is 15.8 Å². The van der Waals surface area contributed by atoms with Gasteiger partial charge >= 0.3 is 0 Å². The van der Waals surface area contributed by atoms with Gasteiger partial charge in [-0.1, -0.05) is 32.9 Å². The highest BCUT2D eigenvalue weighted by molar-refractivity contribution is 7.89. The highest BCUT2D eigenvalue weighted by atomic mass is 32.2. The van der Waals surface area contributed by atoms with Crippen LogP contribution >= 0.6 is 0 Å². The first-order valence-electron chi connectivity index (χ1n) is 10.9. The molecule has 1 heterocycles. The Bertz CT molecular complexity index is 1090. The number of hydrogen-bond acceptors (Lipinski definition) is 4. The number of benzene rings is 2.